The lowest BCUT2D eigenvalue weighted by atomic mass is 9.12. The highest BCUT2D eigenvalue weighted by Crippen LogP contribution is 2.41. The number of carbonyl (C=O) groups is 1. The van der Waals surface area contributed by atoms with Crippen LogP contribution < -0.4 is 26.4 Å². The summed E-state index contributed by atoms with van der Waals surface area (Å²) in [6, 6.07) is 21.1. The van der Waals surface area contributed by atoms with E-state index >= 15 is 0 Å². The molecule has 0 bridgehead atoms. The van der Waals surface area contributed by atoms with Gasteiger partial charge in [0.15, 0.2) is 12.7 Å². The van der Waals surface area contributed by atoms with E-state index in [1.54, 1.807) is 0 Å². The molecule has 0 amide bonds. The van der Waals surface area contributed by atoms with Crippen LogP contribution in [0.15, 0.2) is 170 Å². The zero-order valence-corrected chi connectivity index (χ0v) is 40.4. The third-order valence-corrected chi connectivity index (χ3v) is 12.8. The summed E-state index contributed by atoms with van der Waals surface area (Å²) in [5, 5.41) is 2.07. The fourth-order valence-corrected chi connectivity index (χ4v) is 9.23. The Hall–Kier alpha value is -8.00. The molecule has 8 rings (SSSR count). The monoisotopic (exact) mass is 1190 g/mol. The van der Waals surface area contributed by atoms with Crippen LogP contribution >= 0.6 is 0 Å². The molecule has 0 N–H and O–H groups in total. The highest BCUT2D eigenvalue weighted by atomic mass is 19.4. The molecular weight excluding hydrogens is 1160 g/mol. The molecule has 27 heteroatoms. The minimum atomic E-state index is -6.13. The third kappa shape index (κ3) is 13.5. The molecule has 82 heavy (non-hydrogen) atoms. The number of fused-ring (bicyclic) bond motifs is 1. The van der Waals surface area contributed by atoms with Crippen LogP contribution in [0.5, 0.6) is 0 Å². The average molecular weight is 1190 g/mol. The fraction of sp³-hybridized carbons (Fsp3) is 0.164. The molecule has 2 nitrogen and oxygen atoms in total. The Labute approximate surface area is 445 Å². The number of carbonyl (C=O) groups excluding carboxylic acids is 1. The molecule has 0 atom stereocenters. The Morgan fingerprint density at radius 2 is 0.622 bits per heavy atom. The van der Waals surface area contributed by atoms with Crippen molar-refractivity contribution in [3.63, 3.8) is 0 Å². The van der Waals surface area contributed by atoms with Gasteiger partial charge in [0, 0.05) is 23.3 Å². The van der Waals surface area contributed by atoms with E-state index in [1.807, 2.05) is 89.6 Å². The number of nitrogens with zero attached hydrogens (tertiary/aromatic N) is 1. The average Bonchev–Trinajstić information content (AvgIpc) is 3.08. The summed E-state index contributed by atoms with van der Waals surface area (Å²) < 4.78 is 343. The van der Waals surface area contributed by atoms with Gasteiger partial charge in [0.25, 0.3) is 11.5 Å². The van der Waals surface area contributed by atoms with Crippen LogP contribution in [0.1, 0.15) is 66.1 Å². The lowest BCUT2D eigenvalue weighted by Crippen LogP contribution is -2.75. The quantitative estimate of drug-likeness (QED) is 0.0643. The maximum Gasteiger partial charge on any atom is 0.416 e. The van der Waals surface area contributed by atoms with E-state index in [1.165, 1.54) is 5.56 Å². The van der Waals surface area contributed by atoms with Gasteiger partial charge in [-0.25, -0.2) is 0 Å². The van der Waals surface area contributed by atoms with Gasteiger partial charge in [-0.2, -0.15) is 132 Å². The van der Waals surface area contributed by atoms with Crippen LogP contribution in [0.25, 0.3) is 10.8 Å². The second-order valence-electron chi connectivity index (χ2n) is 18.3. The van der Waals surface area contributed by atoms with Crippen LogP contribution in [-0.2, 0) is 56.0 Å². The van der Waals surface area contributed by atoms with E-state index in [4.69, 9.17) is 0 Å². The second-order valence-corrected chi connectivity index (χ2v) is 18.3. The molecule has 0 saturated carbocycles. The largest absolute Gasteiger partial charge is 0.416 e. The van der Waals surface area contributed by atoms with Gasteiger partial charge in [-0.05, 0) is 41.1 Å². The van der Waals surface area contributed by atoms with E-state index < -0.39 is 195 Å². The number of pyridine rings is 1. The van der Waals surface area contributed by atoms with Crippen LogP contribution in [0, 0.1) is 0 Å². The molecule has 1 aromatic heterocycles. The summed E-state index contributed by atoms with van der Waals surface area (Å²) in [5.74, 6) is 0.0494. The van der Waals surface area contributed by atoms with Crippen molar-refractivity contribution in [1.82, 2.24) is 0 Å². The Bertz CT molecular complexity index is 3200. The zero-order valence-electron chi connectivity index (χ0n) is 40.4. The van der Waals surface area contributed by atoms with E-state index in [9.17, 15) is 110 Å². The molecule has 0 radical (unpaired) electrons. The number of halogens is 24. The first kappa shape index (κ1) is 61.6. The fourth-order valence-electron chi connectivity index (χ4n) is 9.23. The maximum atomic E-state index is 14.2. The minimum Gasteiger partial charge on any atom is -0.282 e. The number of hydrogen-bond donors (Lipinski definition) is 0. The molecule has 0 unspecified atom stereocenters. The molecule has 0 aliphatic carbocycles. The van der Waals surface area contributed by atoms with Gasteiger partial charge in [-0.3, -0.25) is 4.79 Å². The zero-order chi connectivity index (χ0) is 61.0. The Balaban J connectivity index is 0.000000318. The normalized spacial score (nSPS) is 13.2. The lowest BCUT2D eigenvalue weighted by molar-refractivity contribution is -0.690. The second kappa shape index (κ2) is 21.7. The standard InChI is InChI=1S/C32H12BF24.C23H18NO/c34-25(35,36)13-1-14(26(37,38)39)6-21(5-13)33(22-7-15(27(40,41)42)2-16(8-22)28(43,44)45,23-9-17(29(46,47)48)3-18(10-23)30(49,50)51)24-11-19(31(52,53)54)4-20(12-24)32(55,56)57;25-23(21-14-8-12-19-11-4-5-13-20(19)21)22-15-6-7-16-24(22)17-18-9-2-1-3-10-18/h1-12H;1-16H,17H2/q-1;+1. The van der Waals surface area contributed by atoms with E-state index in [2.05, 4.69) is 12.1 Å². The van der Waals surface area contributed by atoms with Gasteiger partial charge in [-0.15, -0.1) is 0 Å². The molecular formula is C55H30BF24NO. The summed E-state index contributed by atoms with van der Waals surface area (Å²) in [6.07, 6.45) is -52.8. The first-order chi connectivity index (χ1) is 37.6. The van der Waals surface area contributed by atoms with Crippen molar-refractivity contribution in [2.45, 2.75) is 56.0 Å². The predicted molar refractivity (Wildman–Crippen MR) is 250 cm³/mol. The number of aromatic nitrogens is 1. The SMILES string of the molecule is FC(F)(F)c1cc([B-](c2cc(C(F)(F)F)cc(C(F)(F)F)c2)(c2cc(C(F)(F)F)cc(C(F)(F)F)c2)c2cc(C(F)(F)F)cc(C(F)(F)F)c2)cc(C(F)(F)F)c1.O=C(c1cccc2ccccc12)c1cccc[n+]1Cc1ccccc1. The van der Waals surface area contributed by atoms with E-state index in [0.717, 1.165) is 16.3 Å². The maximum absolute atomic E-state index is 14.2. The van der Waals surface area contributed by atoms with Crippen molar-refractivity contribution in [3.8, 4) is 0 Å². The first-order valence-corrected chi connectivity index (χ1v) is 23.0. The molecule has 0 aliphatic rings. The Morgan fingerprint density at radius 1 is 0.329 bits per heavy atom. The van der Waals surface area contributed by atoms with Crippen LogP contribution in [0.4, 0.5) is 105 Å². The minimum absolute atomic E-state index is 0.0494. The van der Waals surface area contributed by atoms with Gasteiger partial charge in [-0.1, -0.05) is 121 Å². The summed E-state index contributed by atoms with van der Waals surface area (Å²) in [7, 11) is 0. The summed E-state index contributed by atoms with van der Waals surface area (Å²) in [6.45, 7) is 0.674. The molecule has 1 heterocycles. The van der Waals surface area contributed by atoms with Gasteiger partial charge >= 0.3 is 49.4 Å². The molecule has 0 spiro atoms. The molecule has 8 aromatic rings. The molecule has 0 aliphatic heterocycles. The van der Waals surface area contributed by atoms with Crippen molar-refractivity contribution in [2.24, 2.45) is 0 Å². The number of alkyl halides is 24. The van der Waals surface area contributed by atoms with Crippen molar-refractivity contribution in [1.29, 1.82) is 0 Å². The third-order valence-electron chi connectivity index (χ3n) is 12.8. The van der Waals surface area contributed by atoms with Crippen LogP contribution in [-0.4, -0.2) is 11.9 Å². The Kier molecular flexibility index (Phi) is 16.3. The molecule has 0 saturated heterocycles. The lowest BCUT2D eigenvalue weighted by Gasteiger charge is -2.46. The molecule has 432 valence electrons. The highest BCUT2D eigenvalue weighted by molar-refractivity contribution is 7.20. The topological polar surface area (TPSA) is 20.9 Å². The van der Waals surface area contributed by atoms with Gasteiger partial charge in [0.2, 0.25) is 0 Å². The number of ketones is 1. The van der Waals surface area contributed by atoms with Gasteiger partial charge < -0.3 is 0 Å². The molecule has 7 aromatic carbocycles. The van der Waals surface area contributed by atoms with Crippen molar-refractivity contribution in [2.75, 3.05) is 0 Å². The summed E-state index contributed by atoms with van der Waals surface area (Å²) >= 11 is 0. The van der Waals surface area contributed by atoms with Crippen LogP contribution in [0.3, 0.4) is 0 Å². The van der Waals surface area contributed by atoms with Crippen LogP contribution in [0.2, 0.25) is 0 Å². The van der Waals surface area contributed by atoms with Gasteiger partial charge in [0.05, 0.1) is 44.5 Å². The number of hydrogen-bond acceptors (Lipinski definition) is 1. The van der Waals surface area contributed by atoms with Gasteiger partial charge in [0.1, 0.15) is 6.15 Å². The van der Waals surface area contributed by atoms with E-state index in [-0.39, 0.29) is 5.78 Å². The van der Waals surface area contributed by atoms with Crippen molar-refractivity contribution < 1.29 is 115 Å². The van der Waals surface area contributed by atoms with Crippen molar-refractivity contribution in [3.05, 3.63) is 231 Å². The Morgan fingerprint density at radius 3 is 0.951 bits per heavy atom. The highest BCUT2D eigenvalue weighted by Gasteiger charge is 2.47. The smallest absolute Gasteiger partial charge is 0.282 e. The summed E-state index contributed by atoms with van der Waals surface area (Å²) in [4.78, 5) is 13.3. The van der Waals surface area contributed by atoms with Crippen molar-refractivity contribution >= 4 is 44.6 Å². The summed E-state index contributed by atoms with van der Waals surface area (Å²) in [5.41, 5.74) is -27.6. The molecule has 0 fully saturated rings. The number of benzene rings is 7. The van der Waals surface area contributed by atoms with E-state index in [0.29, 0.717) is 12.2 Å². The predicted octanol–water partition coefficient (Wildman–Crippen LogP) is 15.6. The number of rotatable bonds is 8. The first-order valence-electron chi connectivity index (χ1n) is 23.0.